The molecule has 29 heavy (non-hydrogen) atoms. The summed E-state index contributed by atoms with van der Waals surface area (Å²) >= 11 is 0.762. The van der Waals surface area contributed by atoms with Gasteiger partial charge in [-0.25, -0.2) is 0 Å². The maximum absolute atomic E-state index is 12.3. The van der Waals surface area contributed by atoms with E-state index in [-0.39, 0.29) is 17.4 Å². The third-order valence-electron chi connectivity index (χ3n) is 4.29. The van der Waals surface area contributed by atoms with Gasteiger partial charge in [-0.2, -0.15) is 0 Å². The molecule has 0 bridgehead atoms. The van der Waals surface area contributed by atoms with Gasteiger partial charge in [-0.05, 0) is 35.5 Å². The highest BCUT2D eigenvalue weighted by atomic mass is 32.2. The normalized spacial score (nSPS) is 18.3. The van der Waals surface area contributed by atoms with E-state index in [2.05, 4.69) is 4.74 Å². The van der Waals surface area contributed by atoms with E-state index in [4.69, 9.17) is 9.47 Å². The van der Waals surface area contributed by atoms with E-state index < -0.39 is 23.7 Å². The largest absolute Gasteiger partial charge is 0.484 e. The number of thioether (sulfide) groups is 1. The first kappa shape index (κ1) is 20.9. The van der Waals surface area contributed by atoms with Gasteiger partial charge in [0.1, 0.15) is 12.3 Å². The van der Waals surface area contributed by atoms with Crippen LogP contribution in [0, 0.1) is 0 Å². The molecule has 3 amide bonds. The van der Waals surface area contributed by atoms with Crippen LogP contribution in [-0.2, 0) is 23.9 Å². The van der Waals surface area contributed by atoms with Gasteiger partial charge >= 0.3 is 5.97 Å². The Bertz CT molecular complexity index is 831. The molecule has 0 radical (unpaired) electrons. The minimum atomic E-state index is -0.665. The zero-order chi connectivity index (χ0) is 20.8. The van der Waals surface area contributed by atoms with Gasteiger partial charge in [0.2, 0.25) is 0 Å². The number of ether oxygens (including phenoxy) is 3. The Balaban J connectivity index is 1.57. The second kappa shape index (κ2) is 9.57. The Kier molecular flexibility index (Phi) is 6.89. The summed E-state index contributed by atoms with van der Waals surface area (Å²) in [6, 6.07) is 6.78. The topological polar surface area (TPSA) is 102 Å². The summed E-state index contributed by atoms with van der Waals surface area (Å²) in [5.41, 5.74) is 0.681. The van der Waals surface area contributed by atoms with Crippen molar-refractivity contribution in [2.75, 3.05) is 46.6 Å². The van der Waals surface area contributed by atoms with Crippen LogP contribution in [-0.4, -0.2) is 79.4 Å². The first-order valence-electron chi connectivity index (χ1n) is 8.88. The van der Waals surface area contributed by atoms with Gasteiger partial charge in [0.05, 0.1) is 25.2 Å². The molecule has 9 nitrogen and oxygen atoms in total. The molecule has 2 fully saturated rings. The second-order valence-electron chi connectivity index (χ2n) is 6.19. The summed E-state index contributed by atoms with van der Waals surface area (Å²) < 4.78 is 15.2. The number of amides is 3. The number of hydrogen-bond acceptors (Lipinski definition) is 8. The summed E-state index contributed by atoms with van der Waals surface area (Å²) in [5.74, 6) is -0.789. The molecule has 0 unspecified atom stereocenters. The molecular formula is C19H20N2O7S. The smallest absolute Gasteiger partial charge is 0.325 e. The Hall–Kier alpha value is -2.85. The van der Waals surface area contributed by atoms with Crippen molar-refractivity contribution in [3.8, 4) is 5.75 Å². The quantitative estimate of drug-likeness (QED) is 0.499. The molecule has 2 aliphatic heterocycles. The zero-order valence-electron chi connectivity index (χ0n) is 15.8. The van der Waals surface area contributed by atoms with Crippen molar-refractivity contribution < 1.29 is 33.4 Å². The fraction of sp³-hybridized carbons (Fsp3) is 0.368. The maximum Gasteiger partial charge on any atom is 0.325 e. The van der Waals surface area contributed by atoms with Crippen LogP contribution in [0.4, 0.5) is 4.79 Å². The number of hydrogen-bond donors (Lipinski definition) is 0. The van der Waals surface area contributed by atoms with Crippen molar-refractivity contribution in [2.24, 2.45) is 0 Å². The molecule has 0 spiro atoms. The van der Waals surface area contributed by atoms with E-state index in [1.54, 1.807) is 35.2 Å². The number of rotatable bonds is 6. The molecule has 0 atom stereocenters. The summed E-state index contributed by atoms with van der Waals surface area (Å²) in [5, 5.41) is -0.520. The van der Waals surface area contributed by atoms with Crippen molar-refractivity contribution >= 4 is 40.9 Å². The fourth-order valence-electron chi connectivity index (χ4n) is 2.69. The lowest BCUT2D eigenvalue weighted by molar-refractivity contribution is -0.143. The van der Waals surface area contributed by atoms with Crippen molar-refractivity contribution in [3.05, 3.63) is 34.7 Å². The summed E-state index contributed by atoms with van der Waals surface area (Å²) in [6.45, 7) is 1.71. The number of methoxy groups -OCH3 is 1. The lowest BCUT2D eigenvalue weighted by Crippen LogP contribution is -2.42. The average Bonchev–Trinajstić information content (AvgIpc) is 3.00. The molecule has 154 valence electrons. The first-order valence-corrected chi connectivity index (χ1v) is 9.70. The molecular weight excluding hydrogens is 400 g/mol. The van der Waals surface area contributed by atoms with E-state index in [1.807, 2.05) is 0 Å². The second-order valence-corrected chi connectivity index (χ2v) is 7.19. The third-order valence-corrected chi connectivity index (χ3v) is 5.20. The average molecular weight is 420 g/mol. The molecule has 2 saturated heterocycles. The van der Waals surface area contributed by atoms with Crippen LogP contribution < -0.4 is 4.74 Å². The van der Waals surface area contributed by atoms with Gasteiger partial charge in [0, 0.05) is 13.1 Å². The standard InChI is InChI=1S/C19H20N2O7S/c1-26-17(23)11-21-18(24)15(29-19(21)25)10-13-2-4-14(5-3-13)28-12-16(22)20-6-8-27-9-7-20/h2-5,10H,6-9,11-12H2,1H3/b15-10-. The number of benzene rings is 1. The Labute approximate surface area is 171 Å². The van der Waals surface area contributed by atoms with Crippen molar-refractivity contribution in [3.63, 3.8) is 0 Å². The number of imide groups is 1. The molecule has 0 N–H and O–H groups in total. The van der Waals surface area contributed by atoms with Crippen LogP contribution in [0.15, 0.2) is 29.2 Å². The Morgan fingerprint density at radius 2 is 1.86 bits per heavy atom. The summed E-state index contributed by atoms with van der Waals surface area (Å²) in [6.07, 6.45) is 1.56. The monoisotopic (exact) mass is 420 g/mol. The van der Waals surface area contributed by atoms with E-state index in [1.165, 1.54) is 7.11 Å². The van der Waals surface area contributed by atoms with Crippen molar-refractivity contribution in [1.82, 2.24) is 9.80 Å². The van der Waals surface area contributed by atoms with E-state index in [0.717, 1.165) is 16.7 Å². The minimum absolute atomic E-state index is 0.0637. The van der Waals surface area contributed by atoms with Crippen LogP contribution in [0.2, 0.25) is 0 Å². The lowest BCUT2D eigenvalue weighted by Gasteiger charge is -2.26. The van der Waals surface area contributed by atoms with E-state index in [0.29, 0.717) is 37.6 Å². The number of esters is 1. The van der Waals surface area contributed by atoms with Crippen LogP contribution in [0.3, 0.4) is 0 Å². The molecule has 2 aliphatic rings. The number of nitrogens with zero attached hydrogens (tertiary/aromatic N) is 2. The summed E-state index contributed by atoms with van der Waals surface area (Å²) in [4.78, 5) is 50.4. The highest BCUT2D eigenvalue weighted by molar-refractivity contribution is 8.18. The molecule has 1 aromatic carbocycles. The molecule has 3 rings (SSSR count). The predicted molar refractivity (Wildman–Crippen MR) is 104 cm³/mol. The highest BCUT2D eigenvalue weighted by Crippen LogP contribution is 2.32. The molecule has 0 saturated carbocycles. The van der Waals surface area contributed by atoms with Crippen LogP contribution in [0.5, 0.6) is 5.75 Å². The van der Waals surface area contributed by atoms with Gasteiger partial charge in [0.15, 0.2) is 6.61 Å². The van der Waals surface area contributed by atoms with E-state index in [9.17, 15) is 19.2 Å². The Morgan fingerprint density at radius 3 is 2.52 bits per heavy atom. The van der Waals surface area contributed by atoms with E-state index >= 15 is 0 Å². The van der Waals surface area contributed by atoms with Gasteiger partial charge in [-0.3, -0.25) is 24.1 Å². The van der Waals surface area contributed by atoms with Gasteiger partial charge < -0.3 is 19.1 Å². The van der Waals surface area contributed by atoms with Gasteiger partial charge in [-0.1, -0.05) is 12.1 Å². The SMILES string of the molecule is COC(=O)CN1C(=O)S/C(=C\c2ccc(OCC(=O)N3CCOCC3)cc2)C1=O. The first-order chi connectivity index (χ1) is 14.0. The molecule has 0 aliphatic carbocycles. The maximum atomic E-state index is 12.3. The highest BCUT2D eigenvalue weighted by Gasteiger charge is 2.36. The third kappa shape index (κ3) is 5.36. The van der Waals surface area contributed by atoms with Crippen LogP contribution in [0.25, 0.3) is 6.08 Å². The Morgan fingerprint density at radius 1 is 1.17 bits per heavy atom. The molecule has 0 aromatic heterocycles. The molecule has 1 aromatic rings. The number of morpholine rings is 1. The van der Waals surface area contributed by atoms with Crippen molar-refractivity contribution in [1.29, 1.82) is 0 Å². The molecule has 10 heteroatoms. The molecule has 2 heterocycles. The number of carbonyl (C=O) groups excluding carboxylic acids is 4. The zero-order valence-corrected chi connectivity index (χ0v) is 16.6. The lowest BCUT2D eigenvalue weighted by atomic mass is 10.2. The van der Waals surface area contributed by atoms with Crippen molar-refractivity contribution in [2.45, 2.75) is 0 Å². The van der Waals surface area contributed by atoms with Crippen LogP contribution in [0.1, 0.15) is 5.56 Å². The predicted octanol–water partition coefficient (Wildman–Crippen LogP) is 1.13. The van der Waals surface area contributed by atoms with Crippen LogP contribution >= 0.6 is 11.8 Å². The summed E-state index contributed by atoms with van der Waals surface area (Å²) in [7, 11) is 1.19. The fourth-order valence-corrected chi connectivity index (χ4v) is 3.53. The minimum Gasteiger partial charge on any atom is -0.484 e. The van der Waals surface area contributed by atoms with Gasteiger partial charge in [0.25, 0.3) is 17.1 Å². The number of carbonyl (C=O) groups is 4. The van der Waals surface area contributed by atoms with Gasteiger partial charge in [-0.15, -0.1) is 0 Å².